The zero-order valence-corrected chi connectivity index (χ0v) is 14.1. The van der Waals surface area contributed by atoms with Crippen LogP contribution in [-0.2, 0) is 9.53 Å². The number of hydrogen-bond donors (Lipinski definition) is 0. The molecule has 1 atom stereocenters. The van der Waals surface area contributed by atoms with Gasteiger partial charge in [-0.15, -0.1) is 0 Å². The van der Waals surface area contributed by atoms with Gasteiger partial charge in [0.05, 0.1) is 24.9 Å². The first-order valence-corrected chi connectivity index (χ1v) is 8.18. The number of ether oxygens (including phenoxy) is 2. The predicted octanol–water partition coefficient (Wildman–Crippen LogP) is 2.82. The fourth-order valence-electron chi connectivity index (χ4n) is 3.00. The summed E-state index contributed by atoms with van der Waals surface area (Å²) in [6.45, 7) is 0.0665. The summed E-state index contributed by atoms with van der Waals surface area (Å²) in [6, 6.07) is 18.2. The molecule has 2 heterocycles. The summed E-state index contributed by atoms with van der Waals surface area (Å²) in [5.74, 6) is -0.354. The average Bonchev–Trinajstić information content (AvgIpc) is 2.71. The standard InChI is InChI=1S/C20H16N2O4/c1-25-20(24)18-12-22(16-8-4-5-9-17(16)26-18)19(23)15-11-10-13-6-2-3-7-14(13)21-15/h2-11,18H,12H2,1H3. The van der Waals surface area contributed by atoms with E-state index >= 15 is 0 Å². The normalized spacial score (nSPS) is 15.9. The number of carbonyl (C=O) groups excluding carboxylic acids is 2. The number of amides is 1. The first kappa shape index (κ1) is 16.1. The zero-order chi connectivity index (χ0) is 18.1. The number of pyridine rings is 1. The van der Waals surface area contributed by atoms with E-state index in [0.29, 0.717) is 17.1 Å². The van der Waals surface area contributed by atoms with Gasteiger partial charge in [-0.25, -0.2) is 9.78 Å². The number of hydrogen-bond acceptors (Lipinski definition) is 5. The fraction of sp³-hybridized carbons (Fsp3) is 0.150. The van der Waals surface area contributed by atoms with E-state index in [1.54, 1.807) is 24.3 Å². The van der Waals surface area contributed by atoms with Crippen LogP contribution in [0.5, 0.6) is 5.75 Å². The molecular weight excluding hydrogens is 332 g/mol. The van der Waals surface area contributed by atoms with Crippen LogP contribution in [0, 0.1) is 0 Å². The molecule has 1 amide bonds. The van der Waals surface area contributed by atoms with E-state index < -0.39 is 12.1 Å². The molecule has 1 unspecified atom stereocenters. The van der Waals surface area contributed by atoms with Gasteiger partial charge in [0.1, 0.15) is 11.4 Å². The molecule has 4 rings (SSSR count). The van der Waals surface area contributed by atoms with Gasteiger partial charge < -0.3 is 9.47 Å². The van der Waals surface area contributed by atoms with Crippen molar-refractivity contribution in [1.82, 2.24) is 4.98 Å². The molecular formula is C20H16N2O4. The highest BCUT2D eigenvalue weighted by Crippen LogP contribution is 2.34. The van der Waals surface area contributed by atoms with E-state index in [1.807, 2.05) is 36.4 Å². The van der Waals surface area contributed by atoms with Crippen LogP contribution in [0.15, 0.2) is 60.7 Å². The maximum atomic E-state index is 13.1. The number of fused-ring (bicyclic) bond motifs is 2. The Morgan fingerprint density at radius 3 is 2.69 bits per heavy atom. The molecule has 0 aliphatic carbocycles. The van der Waals surface area contributed by atoms with Crippen molar-refractivity contribution in [3.8, 4) is 5.75 Å². The molecule has 6 heteroatoms. The number of para-hydroxylation sites is 3. The highest BCUT2D eigenvalue weighted by atomic mass is 16.6. The molecule has 26 heavy (non-hydrogen) atoms. The average molecular weight is 348 g/mol. The largest absolute Gasteiger partial charge is 0.475 e. The Labute approximate surface area is 150 Å². The van der Waals surface area contributed by atoms with Gasteiger partial charge in [0.25, 0.3) is 5.91 Å². The SMILES string of the molecule is COC(=O)C1CN(C(=O)c2ccc3ccccc3n2)c2ccccc2O1. The molecule has 0 saturated heterocycles. The van der Waals surface area contributed by atoms with Gasteiger partial charge in [0.2, 0.25) is 6.10 Å². The van der Waals surface area contributed by atoms with Crippen LogP contribution < -0.4 is 9.64 Å². The van der Waals surface area contributed by atoms with Crippen LogP contribution in [0.25, 0.3) is 10.9 Å². The Hall–Kier alpha value is -3.41. The second-order valence-corrected chi connectivity index (χ2v) is 5.90. The number of carbonyl (C=O) groups is 2. The number of anilines is 1. The molecule has 2 aromatic carbocycles. The summed E-state index contributed by atoms with van der Waals surface area (Å²) in [5, 5.41) is 0.957. The van der Waals surface area contributed by atoms with E-state index in [1.165, 1.54) is 12.0 Å². The number of methoxy groups -OCH3 is 1. The molecule has 0 spiro atoms. The van der Waals surface area contributed by atoms with E-state index in [-0.39, 0.29) is 12.5 Å². The molecule has 0 radical (unpaired) electrons. The van der Waals surface area contributed by atoms with Gasteiger partial charge in [-0.05, 0) is 24.3 Å². The zero-order valence-electron chi connectivity index (χ0n) is 14.1. The maximum Gasteiger partial charge on any atom is 0.348 e. The molecule has 1 aliphatic rings. The molecule has 3 aromatic rings. The Kier molecular flexibility index (Phi) is 4.01. The van der Waals surface area contributed by atoms with E-state index in [0.717, 1.165) is 10.9 Å². The van der Waals surface area contributed by atoms with Gasteiger partial charge in [-0.3, -0.25) is 9.69 Å². The highest BCUT2D eigenvalue weighted by molar-refractivity contribution is 6.07. The van der Waals surface area contributed by atoms with Crippen LogP contribution in [0.1, 0.15) is 10.5 Å². The molecule has 0 saturated carbocycles. The van der Waals surface area contributed by atoms with Crippen LogP contribution >= 0.6 is 0 Å². The quantitative estimate of drug-likeness (QED) is 0.666. The van der Waals surface area contributed by atoms with Gasteiger partial charge in [-0.1, -0.05) is 36.4 Å². The Morgan fingerprint density at radius 1 is 1.08 bits per heavy atom. The minimum absolute atomic E-state index is 0.0665. The van der Waals surface area contributed by atoms with Crippen LogP contribution in [0.4, 0.5) is 5.69 Å². The molecule has 0 bridgehead atoms. The minimum atomic E-state index is -0.876. The lowest BCUT2D eigenvalue weighted by Gasteiger charge is -2.33. The lowest BCUT2D eigenvalue weighted by Crippen LogP contribution is -2.47. The van der Waals surface area contributed by atoms with E-state index in [4.69, 9.17) is 9.47 Å². The number of aromatic nitrogens is 1. The van der Waals surface area contributed by atoms with Crippen molar-refractivity contribution >= 4 is 28.5 Å². The van der Waals surface area contributed by atoms with Crippen molar-refractivity contribution in [3.63, 3.8) is 0 Å². The van der Waals surface area contributed by atoms with Gasteiger partial charge >= 0.3 is 5.97 Å². The Balaban J connectivity index is 1.74. The molecule has 0 N–H and O–H groups in total. The van der Waals surface area contributed by atoms with Gasteiger partial charge in [-0.2, -0.15) is 0 Å². The van der Waals surface area contributed by atoms with Crippen molar-refractivity contribution in [1.29, 1.82) is 0 Å². The van der Waals surface area contributed by atoms with E-state index in [2.05, 4.69) is 4.98 Å². The second kappa shape index (κ2) is 6.48. The van der Waals surface area contributed by atoms with Gasteiger partial charge in [0.15, 0.2) is 0 Å². The third-order valence-corrected chi connectivity index (χ3v) is 4.30. The third kappa shape index (κ3) is 2.75. The molecule has 1 aromatic heterocycles. The Morgan fingerprint density at radius 2 is 1.85 bits per heavy atom. The Bertz CT molecular complexity index is 1000. The maximum absolute atomic E-state index is 13.1. The minimum Gasteiger partial charge on any atom is -0.475 e. The van der Waals surface area contributed by atoms with Crippen molar-refractivity contribution < 1.29 is 19.1 Å². The second-order valence-electron chi connectivity index (χ2n) is 5.90. The smallest absolute Gasteiger partial charge is 0.348 e. The number of rotatable bonds is 2. The van der Waals surface area contributed by atoms with Crippen LogP contribution in [0.2, 0.25) is 0 Å². The first-order chi connectivity index (χ1) is 12.7. The lowest BCUT2D eigenvalue weighted by molar-refractivity contribution is -0.148. The first-order valence-electron chi connectivity index (χ1n) is 8.18. The van der Waals surface area contributed by atoms with Crippen LogP contribution in [0.3, 0.4) is 0 Å². The van der Waals surface area contributed by atoms with Crippen molar-refractivity contribution in [2.24, 2.45) is 0 Å². The fourth-order valence-corrected chi connectivity index (χ4v) is 3.00. The van der Waals surface area contributed by atoms with Crippen LogP contribution in [-0.4, -0.2) is 36.6 Å². The van der Waals surface area contributed by atoms with E-state index in [9.17, 15) is 9.59 Å². The lowest BCUT2D eigenvalue weighted by atomic mass is 10.1. The summed E-state index contributed by atoms with van der Waals surface area (Å²) in [7, 11) is 1.29. The molecule has 130 valence electrons. The molecule has 0 fully saturated rings. The number of benzene rings is 2. The monoisotopic (exact) mass is 348 g/mol. The van der Waals surface area contributed by atoms with Gasteiger partial charge in [0, 0.05) is 5.39 Å². The summed E-state index contributed by atoms with van der Waals surface area (Å²) < 4.78 is 10.5. The number of esters is 1. The molecule has 6 nitrogen and oxygen atoms in total. The summed E-state index contributed by atoms with van der Waals surface area (Å²) in [4.78, 5) is 31.1. The molecule has 1 aliphatic heterocycles. The third-order valence-electron chi connectivity index (χ3n) is 4.30. The van der Waals surface area contributed by atoms with Crippen molar-refractivity contribution in [2.75, 3.05) is 18.6 Å². The number of nitrogens with zero attached hydrogens (tertiary/aromatic N) is 2. The summed E-state index contributed by atoms with van der Waals surface area (Å²) in [5.41, 5.74) is 1.65. The highest BCUT2D eigenvalue weighted by Gasteiger charge is 2.35. The van der Waals surface area contributed by atoms with Crippen molar-refractivity contribution in [3.05, 3.63) is 66.4 Å². The summed E-state index contributed by atoms with van der Waals surface area (Å²) in [6.07, 6.45) is -0.876. The summed E-state index contributed by atoms with van der Waals surface area (Å²) >= 11 is 0. The topological polar surface area (TPSA) is 68.7 Å². The predicted molar refractivity (Wildman–Crippen MR) is 96.3 cm³/mol. The van der Waals surface area contributed by atoms with Crippen molar-refractivity contribution in [2.45, 2.75) is 6.10 Å².